The molecule has 0 aromatic heterocycles. The van der Waals surface area contributed by atoms with Crippen LogP contribution >= 0.6 is 0 Å². The third kappa shape index (κ3) is 5.03. The Balaban J connectivity index is 1.06. The fraction of sp³-hybridized carbons (Fsp3) is 0.467. The zero-order valence-electron chi connectivity index (χ0n) is 21.2. The largest absolute Gasteiger partial charge is 0.489 e. The smallest absolute Gasteiger partial charge is 0.255 e. The van der Waals surface area contributed by atoms with Crippen molar-refractivity contribution < 1.29 is 19.1 Å². The van der Waals surface area contributed by atoms with Crippen molar-refractivity contribution in [3.63, 3.8) is 0 Å². The highest BCUT2D eigenvalue weighted by atomic mass is 16.5. The molecule has 1 N–H and O–H groups in total. The summed E-state index contributed by atoms with van der Waals surface area (Å²) >= 11 is 0. The third-order valence-electron chi connectivity index (χ3n) is 8.24. The monoisotopic (exact) mass is 501 g/mol. The van der Waals surface area contributed by atoms with Crippen LogP contribution in [0.5, 0.6) is 5.75 Å². The summed E-state index contributed by atoms with van der Waals surface area (Å²) in [5, 5.41) is 2.80. The molecule has 2 amide bonds. The lowest BCUT2D eigenvalue weighted by atomic mass is 9.89. The predicted molar refractivity (Wildman–Crippen MR) is 140 cm³/mol. The van der Waals surface area contributed by atoms with Crippen LogP contribution in [0.4, 0.5) is 0 Å². The summed E-state index contributed by atoms with van der Waals surface area (Å²) in [6, 6.07) is 16.0. The summed E-state index contributed by atoms with van der Waals surface area (Å²) < 4.78 is 12.7. The van der Waals surface area contributed by atoms with E-state index in [-0.39, 0.29) is 24.0 Å². The summed E-state index contributed by atoms with van der Waals surface area (Å²) in [5.41, 5.74) is 3.54. The van der Waals surface area contributed by atoms with Gasteiger partial charge >= 0.3 is 0 Å². The molecule has 0 radical (unpaired) electrons. The molecule has 3 fully saturated rings. The minimum absolute atomic E-state index is 0.0770. The van der Waals surface area contributed by atoms with E-state index in [1.807, 2.05) is 36.4 Å². The van der Waals surface area contributed by atoms with Gasteiger partial charge in [0.1, 0.15) is 17.9 Å². The van der Waals surface area contributed by atoms with E-state index in [0.717, 1.165) is 42.9 Å². The molecule has 3 atom stereocenters. The van der Waals surface area contributed by atoms with E-state index in [4.69, 9.17) is 9.47 Å². The Morgan fingerprint density at radius 1 is 1.00 bits per heavy atom. The second-order valence-electron chi connectivity index (χ2n) is 10.8. The molecule has 2 aromatic carbocycles. The predicted octanol–water partition coefficient (Wildman–Crippen LogP) is 4.03. The quantitative estimate of drug-likeness (QED) is 0.621. The highest BCUT2D eigenvalue weighted by molar-refractivity contribution is 6.01. The van der Waals surface area contributed by atoms with Gasteiger partial charge < -0.3 is 19.7 Å². The van der Waals surface area contributed by atoms with Gasteiger partial charge in [-0.05, 0) is 61.4 Å². The molecule has 3 heterocycles. The number of nitrogens with one attached hydrogen (secondary N) is 1. The number of piperidine rings is 1. The maximum Gasteiger partial charge on any atom is 0.255 e. The van der Waals surface area contributed by atoms with E-state index >= 15 is 0 Å². The zero-order chi connectivity index (χ0) is 25.4. The van der Waals surface area contributed by atoms with Crippen LogP contribution in [0.3, 0.4) is 0 Å². The average Bonchev–Trinajstić information content (AvgIpc) is 3.20. The van der Waals surface area contributed by atoms with Crippen molar-refractivity contribution in [1.29, 1.82) is 0 Å². The minimum atomic E-state index is -0.444. The van der Waals surface area contributed by atoms with Crippen LogP contribution in [0.1, 0.15) is 60.0 Å². The lowest BCUT2D eigenvalue weighted by molar-refractivity contribution is -0.126. The molecule has 3 aliphatic heterocycles. The minimum Gasteiger partial charge on any atom is -0.489 e. The number of carbonyl (C=O) groups is 2. The van der Waals surface area contributed by atoms with Gasteiger partial charge in [-0.15, -0.1) is 0 Å². The average molecular weight is 502 g/mol. The van der Waals surface area contributed by atoms with E-state index in [1.165, 1.54) is 18.4 Å². The topological polar surface area (TPSA) is 71.1 Å². The SMILES string of the molecule is C=C1CCC(N2Cc3cc(OC4CCCCC4N4CC(OCc5ccccc5)C4)ccc3C2=O)C(=O)N1. The van der Waals surface area contributed by atoms with E-state index in [0.29, 0.717) is 37.6 Å². The van der Waals surface area contributed by atoms with Crippen molar-refractivity contribution in [2.24, 2.45) is 0 Å². The van der Waals surface area contributed by atoms with E-state index in [1.54, 1.807) is 4.90 Å². The molecule has 6 rings (SSSR count). The van der Waals surface area contributed by atoms with Crippen molar-refractivity contribution in [2.45, 2.75) is 76.0 Å². The van der Waals surface area contributed by atoms with Gasteiger partial charge in [0.2, 0.25) is 5.91 Å². The molecule has 3 unspecified atom stereocenters. The van der Waals surface area contributed by atoms with Gasteiger partial charge in [0, 0.05) is 36.9 Å². The first-order valence-electron chi connectivity index (χ1n) is 13.5. The van der Waals surface area contributed by atoms with Crippen LogP contribution in [0.25, 0.3) is 0 Å². The van der Waals surface area contributed by atoms with Crippen LogP contribution in [-0.4, -0.2) is 59.0 Å². The van der Waals surface area contributed by atoms with Gasteiger partial charge in [-0.3, -0.25) is 14.5 Å². The molecule has 194 valence electrons. The second kappa shape index (κ2) is 10.3. The van der Waals surface area contributed by atoms with Crippen LogP contribution in [0, 0.1) is 0 Å². The molecule has 7 heteroatoms. The molecule has 1 saturated carbocycles. The van der Waals surface area contributed by atoms with Gasteiger partial charge in [-0.2, -0.15) is 0 Å². The fourth-order valence-corrected chi connectivity index (χ4v) is 6.15. The van der Waals surface area contributed by atoms with Crippen molar-refractivity contribution in [1.82, 2.24) is 15.1 Å². The normalized spacial score (nSPS) is 26.5. The number of likely N-dealkylation sites (tertiary alicyclic amines) is 1. The van der Waals surface area contributed by atoms with E-state index < -0.39 is 6.04 Å². The second-order valence-corrected chi connectivity index (χ2v) is 10.8. The molecule has 4 aliphatic rings. The van der Waals surface area contributed by atoms with Gasteiger partial charge in [-0.25, -0.2) is 0 Å². The Labute approximate surface area is 218 Å². The van der Waals surface area contributed by atoms with Crippen LogP contribution < -0.4 is 10.1 Å². The molecular formula is C30H35N3O4. The molecule has 37 heavy (non-hydrogen) atoms. The maximum absolute atomic E-state index is 13.1. The first kappa shape index (κ1) is 24.2. The number of hydrogen-bond donors (Lipinski definition) is 1. The number of benzene rings is 2. The lowest BCUT2D eigenvalue weighted by Crippen LogP contribution is -2.61. The molecule has 7 nitrogen and oxygen atoms in total. The summed E-state index contributed by atoms with van der Waals surface area (Å²) in [6.07, 6.45) is 6.27. The zero-order valence-corrected chi connectivity index (χ0v) is 21.2. The Morgan fingerprint density at radius 3 is 2.62 bits per heavy atom. The van der Waals surface area contributed by atoms with Crippen LogP contribution in [0.15, 0.2) is 60.8 Å². The maximum atomic E-state index is 13.1. The van der Waals surface area contributed by atoms with E-state index in [2.05, 4.69) is 28.9 Å². The number of hydrogen-bond acceptors (Lipinski definition) is 5. The summed E-state index contributed by atoms with van der Waals surface area (Å²) in [6.45, 7) is 6.83. The van der Waals surface area contributed by atoms with Gasteiger partial charge in [-0.1, -0.05) is 43.3 Å². The van der Waals surface area contributed by atoms with Crippen LogP contribution in [0.2, 0.25) is 0 Å². The molecular weight excluding hydrogens is 466 g/mol. The highest BCUT2D eigenvalue weighted by Gasteiger charge is 2.40. The van der Waals surface area contributed by atoms with Gasteiger partial charge in [0.25, 0.3) is 5.91 Å². The Hall–Kier alpha value is -3.16. The van der Waals surface area contributed by atoms with Crippen LogP contribution in [-0.2, 0) is 22.7 Å². The Morgan fingerprint density at radius 2 is 1.81 bits per heavy atom. The lowest BCUT2D eigenvalue weighted by Gasteiger charge is -2.48. The summed E-state index contributed by atoms with van der Waals surface area (Å²) in [7, 11) is 0. The molecule has 2 aromatic rings. The van der Waals surface area contributed by atoms with Gasteiger partial charge in [0.15, 0.2) is 0 Å². The molecule has 0 bridgehead atoms. The first-order valence-corrected chi connectivity index (χ1v) is 13.5. The number of nitrogens with zero attached hydrogens (tertiary/aromatic N) is 2. The summed E-state index contributed by atoms with van der Waals surface area (Å²) in [5.74, 6) is 0.593. The molecule has 2 saturated heterocycles. The standard InChI is InChI=1S/C30H35N3O4/c1-20-11-14-27(29(34)31-20)33-16-22-15-23(12-13-25(22)30(33)35)37-28-10-6-5-9-26(28)32-17-24(18-32)36-19-21-7-3-2-4-8-21/h2-4,7-8,12-13,15,24,26-28H,1,5-6,9-11,14,16-19H2,(H,31,34). The molecule has 1 aliphatic carbocycles. The van der Waals surface area contributed by atoms with Crippen molar-refractivity contribution in [2.75, 3.05) is 13.1 Å². The number of fused-ring (bicyclic) bond motifs is 1. The number of carbonyl (C=O) groups excluding carboxylic acids is 2. The highest BCUT2D eigenvalue weighted by Crippen LogP contribution is 2.34. The van der Waals surface area contributed by atoms with Gasteiger partial charge in [0.05, 0.1) is 12.7 Å². The summed E-state index contributed by atoms with van der Waals surface area (Å²) in [4.78, 5) is 29.7. The van der Waals surface area contributed by atoms with Crippen molar-refractivity contribution >= 4 is 11.8 Å². The number of ether oxygens (including phenoxy) is 2. The number of amides is 2. The first-order chi connectivity index (χ1) is 18.0. The fourth-order valence-electron chi connectivity index (χ4n) is 6.15. The number of rotatable bonds is 7. The third-order valence-corrected chi connectivity index (χ3v) is 8.24. The Bertz CT molecular complexity index is 1180. The number of allylic oxidation sites excluding steroid dienone is 1. The Kier molecular flexibility index (Phi) is 6.74. The van der Waals surface area contributed by atoms with Crippen molar-refractivity contribution in [3.8, 4) is 5.75 Å². The molecule has 0 spiro atoms. The van der Waals surface area contributed by atoms with Crippen molar-refractivity contribution in [3.05, 3.63) is 77.5 Å². The van der Waals surface area contributed by atoms with E-state index in [9.17, 15) is 9.59 Å².